The zero-order valence-corrected chi connectivity index (χ0v) is 16.8. The smallest absolute Gasteiger partial charge is 0.240 e. The van der Waals surface area contributed by atoms with Gasteiger partial charge in [0.25, 0.3) is 0 Å². The van der Waals surface area contributed by atoms with Crippen molar-refractivity contribution in [2.24, 2.45) is 27.0 Å². The Labute approximate surface area is 164 Å². The van der Waals surface area contributed by atoms with Crippen LogP contribution in [0.25, 0.3) is 0 Å². The lowest BCUT2D eigenvalue weighted by molar-refractivity contribution is -0.118. The maximum atomic E-state index is 12.4. The Morgan fingerprint density at radius 3 is 2.59 bits per heavy atom. The molecule has 5 nitrogen and oxygen atoms in total. The second kappa shape index (κ2) is 6.59. The molecular weight excluding hydrogens is 358 g/mol. The fourth-order valence-corrected chi connectivity index (χ4v) is 5.60. The summed E-state index contributed by atoms with van der Waals surface area (Å²) in [5.41, 5.74) is 2.13. The summed E-state index contributed by atoms with van der Waals surface area (Å²) < 4.78 is 0. The van der Waals surface area contributed by atoms with Crippen LogP contribution in [0.1, 0.15) is 56.8 Å². The second-order valence-corrected chi connectivity index (χ2v) is 9.73. The molecule has 2 saturated carbocycles. The summed E-state index contributed by atoms with van der Waals surface area (Å²) in [6, 6.07) is 9.08. The van der Waals surface area contributed by atoms with Gasteiger partial charge in [0.15, 0.2) is 11.0 Å². The Hall–Kier alpha value is -1.95. The lowest BCUT2D eigenvalue weighted by atomic mass is 9.70. The van der Waals surface area contributed by atoms with E-state index < -0.39 is 5.25 Å². The number of fused-ring (bicyclic) bond motifs is 2. The molecule has 0 aromatic heterocycles. The van der Waals surface area contributed by atoms with E-state index in [0.29, 0.717) is 16.6 Å². The Kier molecular flexibility index (Phi) is 4.49. The Morgan fingerprint density at radius 1 is 1.22 bits per heavy atom. The van der Waals surface area contributed by atoms with Crippen molar-refractivity contribution in [2.75, 3.05) is 0 Å². The summed E-state index contributed by atoms with van der Waals surface area (Å²) in [5.74, 6) is 0.476. The first kappa shape index (κ1) is 18.4. The fourth-order valence-electron chi connectivity index (χ4n) is 4.68. The zero-order chi connectivity index (χ0) is 19.2. The number of hydrogen-bond donors (Lipinski definition) is 1. The molecule has 1 aliphatic heterocycles. The third kappa shape index (κ3) is 3.04. The normalized spacial score (nSPS) is 34.4. The van der Waals surface area contributed by atoms with E-state index >= 15 is 0 Å². The molecule has 27 heavy (non-hydrogen) atoms. The predicted molar refractivity (Wildman–Crippen MR) is 109 cm³/mol. The van der Waals surface area contributed by atoms with E-state index in [4.69, 9.17) is 0 Å². The SMILES string of the molecule is CC12CCC(CC1=N/N=C1/NC(=O)C(CC(=O)c3ccccc3)S1)C2(C)C. The standard InChI is InChI=1S/C21H25N3O2S/c1-20(2)14-9-10-21(20,3)17(11-14)23-24-19-22-18(26)16(27-19)12-15(25)13-7-5-4-6-8-13/h4-8,14,16H,9-12H2,1-3H3,(H,22,24,26). The van der Waals surface area contributed by atoms with Gasteiger partial charge in [0.05, 0.1) is 5.25 Å². The van der Waals surface area contributed by atoms with Gasteiger partial charge in [-0.3, -0.25) is 9.59 Å². The molecule has 3 unspecified atom stereocenters. The molecule has 2 bridgehead atoms. The number of hydrogen-bond acceptors (Lipinski definition) is 5. The molecule has 0 spiro atoms. The number of benzene rings is 1. The first-order valence-corrected chi connectivity index (χ1v) is 10.4. The molecule has 1 heterocycles. The monoisotopic (exact) mass is 383 g/mol. The predicted octanol–water partition coefficient (Wildman–Crippen LogP) is 4.05. The van der Waals surface area contributed by atoms with E-state index in [-0.39, 0.29) is 28.9 Å². The minimum atomic E-state index is -0.441. The summed E-state index contributed by atoms with van der Waals surface area (Å²) in [6.07, 6.45) is 3.58. The molecule has 3 atom stereocenters. The molecule has 142 valence electrons. The van der Waals surface area contributed by atoms with E-state index in [0.717, 1.165) is 18.6 Å². The molecule has 1 saturated heterocycles. The van der Waals surface area contributed by atoms with Crippen LogP contribution in [0.5, 0.6) is 0 Å². The van der Waals surface area contributed by atoms with Crippen molar-refractivity contribution in [1.29, 1.82) is 0 Å². The average molecular weight is 384 g/mol. The van der Waals surface area contributed by atoms with E-state index in [2.05, 4.69) is 36.3 Å². The number of amides is 1. The van der Waals surface area contributed by atoms with Crippen molar-refractivity contribution in [3.63, 3.8) is 0 Å². The van der Waals surface area contributed by atoms with Crippen LogP contribution in [0.2, 0.25) is 0 Å². The van der Waals surface area contributed by atoms with E-state index in [1.807, 2.05) is 18.2 Å². The number of nitrogens with zero attached hydrogens (tertiary/aromatic N) is 2. The van der Waals surface area contributed by atoms with Crippen LogP contribution in [0.3, 0.4) is 0 Å². The molecule has 1 amide bonds. The van der Waals surface area contributed by atoms with Gasteiger partial charge in [-0.1, -0.05) is 62.9 Å². The minimum Gasteiger partial charge on any atom is -0.303 e. The number of ketones is 1. The van der Waals surface area contributed by atoms with Gasteiger partial charge in [0.2, 0.25) is 5.91 Å². The maximum Gasteiger partial charge on any atom is 0.240 e. The highest BCUT2D eigenvalue weighted by Gasteiger charge is 2.60. The zero-order valence-electron chi connectivity index (χ0n) is 16.0. The van der Waals surface area contributed by atoms with Gasteiger partial charge in [-0.2, -0.15) is 5.10 Å². The summed E-state index contributed by atoms with van der Waals surface area (Å²) in [4.78, 5) is 24.6. The summed E-state index contributed by atoms with van der Waals surface area (Å²) in [7, 11) is 0. The van der Waals surface area contributed by atoms with Crippen molar-refractivity contribution in [3.8, 4) is 0 Å². The average Bonchev–Trinajstić information content (AvgIpc) is 3.17. The first-order valence-electron chi connectivity index (χ1n) is 9.52. The van der Waals surface area contributed by atoms with Gasteiger partial charge < -0.3 is 5.32 Å². The van der Waals surface area contributed by atoms with Crippen LogP contribution < -0.4 is 5.32 Å². The molecule has 1 aromatic carbocycles. The molecule has 0 radical (unpaired) electrons. The number of rotatable bonds is 4. The van der Waals surface area contributed by atoms with Crippen LogP contribution in [-0.2, 0) is 4.79 Å². The van der Waals surface area contributed by atoms with Gasteiger partial charge in [-0.15, -0.1) is 5.10 Å². The number of nitrogens with one attached hydrogen (secondary N) is 1. The van der Waals surface area contributed by atoms with E-state index in [1.165, 1.54) is 18.2 Å². The van der Waals surface area contributed by atoms with Gasteiger partial charge >= 0.3 is 0 Å². The van der Waals surface area contributed by atoms with E-state index in [9.17, 15) is 9.59 Å². The number of carbonyl (C=O) groups excluding carboxylic acids is 2. The number of thioether (sulfide) groups is 1. The molecule has 1 aromatic rings. The fraction of sp³-hybridized carbons (Fsp3) is 0.524. The third-order valence-electron chi connectivity index (χ3n) is 7.02. The van der Waals surface area contributed by atoms with Crippen LogP contribution in [0.15, 0.2) is 40.5 Å². The third-order valence-corrected chi connectivity index (χ3v) is 8.09. The van der Waals surface area contributed by atoms with Crippen molar-refractivity contribution in [1.82, 2.24) is 5.32 Å². The molecule has 3 aliphatic rings. The molecule has 2 aliphatic carbocycles. The van der Waals surface area contributed by atoms with Crippen molar-refractivity contribution < 1.29 is 9.59 Å². The highest BCUT2D eigenvalue weighted by atomic mass is 32.2. The highest BCUT2D eigenvalue weighted by Crippen LogP contribution is 2.64. The largest absolute Gasteiger partial charge is 0.303 e. The quantitative estimate of drug-likeness (QED) is 0.630. The van der Waals surface area contributed by atoms with Crippen LogP contribution in [-0.4, -0.2) is 27.8 Å². The Morgan fingerprint density at radius 2 is 1.96 bits per heavy atom. The topological polar surface area (TPSA) is 70.9 Å². The molecule has 4 rings (SSSR count). The lowest BCUT2D eigenvalue weighted by Gasteiger charge is -2.34. The summed E-state index contributed by atoms with van der Waals surface area (Å²) in [6.45, 7) is 6.95. The number of Topliss-reactive ketones (excluding diaryl/α,β-unsaturated/α-hetero) is 1. The van der Waals surface area contributed by atoms with Gasteiger partial charge in [-0.25, -0.2) is 0 Å². The molecular formula is C21H25N3O2S. The minimum absolute atomic E-state index is 0.0295. The first-order chi connectivity index (χ1) is 12.8. The van der Waals surface area contributed by atoms with Crippen LogP contribution in [0.4, 0.5) is 0 Å². The van der Waals surface area contributed by atoms with Crippen molar-refractivity contribution in [3.05, 3.63) is 35.9 Å². The summed E-state index contributed by atoms with van der Waals surface area (Å²) >= 11 is 1.31. The van der Waals surface area contributed by atoms with Gasteiger partial charge in [0, 0.05) is 23.1 Å². The number of carbonyl (C=O) groups is 2. The maximum absolute atomic E-state index is 12.4. The number of amidine groups is 1. The Balaban J connectivity index is 1.45. The Bertz CT molecular complexity index is 846. The second-order valence-electron chi connectivity index (χ2n) is 8.53. The highest BCUT2D eigenvalue weighted by molar-refractivity contribution is 8.15. The molecule has 6 heteroatoms. The molecule has 3 fully saturated rings. The van der Waals surface area contributed by atoms with Crippen molar-refractivity contribution in [2.45, 2.75) is 51.7 Å². The van der Waals surface area contributed by atoms with Gasteiger partial charge in [0.1, 0.15) is 0 Å². The molecule has 1 N–H and O–H groups in total. The van der Waals surface area contributed by atoms with Crippen LogP contribution >= 0.6 is 11.8 Å². The van der Waals surface area contributed by atoms with Crippen LogP contribution in [0, 0.1) is 16.7 Å². The summed E-state index contributed by atoms with van der Waals surface area (Å²) in [5, 5.41) is 11.7. The lowest BCUT2D eigenvalue weighted by Crippen LogP contribution is -2.32. The van der Waals surface area contributed by atoms with E-state index in [1.54, 1.807) is 12.1 Å². The van der Waals surface area contributed by atoms with Gasteiger partial charge in [-0.05, 0) is 30.6 Å². The van der Waals surface area contributed by atoms with Crippen molar-refractivity contribution >= 4 is 34.3 Å².